The molecule has 2 rings (SSSR count). The fourth-order valence-electron chi connectivity index (χ4n) is 2.17. The van der Waals surface area contributed by atoms with Crippen LogP contribution in [-0.2, 0) is 0 Å². The van der Waals surface area contributed by atoms with Gasteiger partial charge in [-0.3, -0.25) is 15.5 Å². The fourth-order valence-corrected chi connectivity index (χ4v) is 2.17. The molecule has 0 saturated heterocycles. The smallest absolute Gasteiger partial charge is 0.311 e. The van der Waals surface area contributed by atoms with Crippen molar-refractivity contribution in [1.29, 1.82) is 0 Å². The molecule has 0 aliphatic heterocycles. The van der Waals surface area contributed by atoms with Crippen molar-refractivity contribution < 1.29 is 14.4 Å². The Bertz CT molecular complexity index is 758. The molecule has 0 fully saturated rings. The number of nitrogens with one attached hydrogen (secondary N) is 1. The summed E-state index contributed by atoms with van der Waals surface area (Å²) in [5, 5.41) is 15.4. The van der Waals surface area contributed by atoms with Gasteiger partial charge in [-0.05, 0) is 32.9 Å². The molecule has 25 heavy (non-hydrogen) atoms. The first-order chi connectivity index (χ1) is 12.0. The van der Waals surface area contributed by atoms with Crippen molar-refractivity contribution in [1.82, 2.24) is 0 Å². The van der Waals surface area contributed by atoms with Crippen LogP contribution in [-0.4, -0.2) is 24.4 Å². The lowest BCUT2D eigenvalue weighted by molar-refractivity contribution is -0.385. The molecule has 7 heteroatoms. The van der Waals surface area contributed by atoms with Gasteiger partial charge in [0.15, 0.2) is 0 Å². The Kier molecular flexibility index (Phi) is 6.33. The molecule has 0 aliphatic carbocycles. The number of anilines is 1. The maximum absolute atomic E-state index is 11.3. The van der Waals surface area contributed by atoms with Crippen LogP contribution in [0.2, 0.25) is 0 Å². The summed E-state index contributed by atoms with van der Waals surface area (Å²) in [5.41, 5.74) is 5.23. The second-order valence-corrected chi connectivity index (χ2v) is 5.22. The van der Waals surface area contributed by atoms with E-state index in [1.54, 1.807) is 6.92 Å². The zero-order valence-electron chi connectivity index (χ0n) is 14.5. The summed E-state index contributed by atoms with van der Waals surface area (Å²) in [7, 11) is 0. The number of rotatable bonds is 8. The monoisotopic (exact) mass is 343 g/mol. The van der Waals surface area contributed by atoms with Crippen LogP contribution in [0.4, 0.5) is 11.4 Å². The molecule has 2 aromatic rings. The van der Waals surface area contributed by atoms with Gasteiger partial charge in [-0.25, -0.2) is 0 Å². The van der Waals surface area contributed by atoms with Gasteiger partial charge in [0.25, 0.3) is 0 Å². The Morgan fingerprint density at radius 3 is 2.36 bits per heavy atom. The number of hydrogen-bond donors (Lipinski definition) is 1. The first-order valence-electron chi connectivity index (χ1n) is 7.99. The number of benzene rings is 2. The van der Waals surface area contributed by atoms with Crippen molar-refractivity contribution in [2.75, 3.05) is 18.6 Å². The summed E-state index contributed by atoms with van der Waals surface area (Å²) in [6, 6.07) is 10.7. The first-order valence-corrected chi connectivity index (χ1v) is 7.99. The van der Waals surface area contributed by atoms with Crippen molar-refractivity contribution in [2.24, 2.45) is 5.10 Å². The molecule has 0 saturated carbocycles. The van der Waals surface area contributed by atoms with Crippen molar-refractivity contribution in [2.45, 2.75) is 20.8 Å². The predicted molar refractivity (Wildman–Crippen MR) is 97.8 cm³/mol. The summed E-state index contributed by atoms with van der Waals surface area (Å²) >= 11 is 0. The second kappa shape index (κ2) is 8.68. The number of aryl methyl sites for hydroxylation is 1. The van der Waals surface area contributed by atoms with Crippen LogP contribution in [0.3, 0.4) is 0 Å². The average Bonchev–Trinajstić information content (AvgIpc) is 2.58. The Hall–Kier alpha value is -3.09. The lowest BCUT2D eigenvalue weighted by atomic mass is 10.1. The van der Waals surface area contributed by atoms with Gasteiger partial charge < -0.3 is 9.47 Å². The van der Waals surface area contributed by atoms with E-state index in [1.807, 2.05) is 38.1 Å². The third-order valence-electron chi connectivity index (χ3n) is 3.34. The van der Waals surface area contributed by atoms with Crippen LogP contribution in [0.15, 0.2) is 41.5 Å². The molecule has 0 heterocycles. The van der Waals surface area contributed by atoms with Gasteiger partial charge >= 0.3 is 5.69 Å². The van der Waals surface area contributed by atoms with Crippen molar-refractivity contribution in [3.63, 3.8) is 0 Å². The van der Waals surface area contributed by atoms with E-state index in [1.165, 1.54) is 18.3 Å². The molecule has 0 amide bonds. The van der Waals surface area contributed by atoms with Gasteiger partial charge in [0, 0.05) is 17.7 Å². The quantitative estimate of drug-likeness (QED) is 0.442. The van der Waals surface area contributed by atoms with Crippen LogP contribution in [0.25, 0.3) is 0 Å². The molecule has 132 valence electrons. The Balaban J connectivity index is 2.30. The van der Waals surface area contributed by atoms with Crippen LogP contribution in [0.1, 0.15) is 25.0 Å². The number of ether oxygens (including phenoxy) is 2. The number of nitrogens with zero attached hydrogens (tertiary/aromatic N) is 2. The van der Waals surface area contributed by atoms with Crippen LogP contribution < -0.4 is 14.9 Å². The third kappa shape index (κ3) is 4.94. The normalized spacial score (nSPS) is 10.7. The number of hydrazone groups is 1. The van der Waals surface area contributed by atoms with Gasteiger partial charge in [0.1, 0.15) is 5.75 Å². The number of nitro groups is 1. The van der Waals surface area contributed by atoms with Gasteiger partial charge in [0.2, 0.25) is 5.75 Å². The molecule has 2 aromatic carbocycles. The van der Waals surface area contributed by atoms with E-state index in [-0.39, 0.29) is 11.4 Å². The maximum Gasteiger partial charge on any atom is 0.311 e. The third-order valence-corrected chi connectivity index (χ3v) is 3.34. The topological polar surface area (TPSA) is 86.0 Å². The number of hydrogen-bond acceptors (Lipinski definition) is 6. The summed E-state index contributed by atoms with van der Waals surface area (Å²) in [5.74, 6) is 0.658. The predicted octanol–water partition coefficient (Wildman–Crippen LogP) is 4.15. The molecule has 0 radical (unpaired) electrons. The molecule has 0 atom stereocenters. The number of nitro benzene ring substituents is 1. The van der Waals surface area contributed by atoms with E-state index in [9.17, 15) is 10.1 Å². The average molecular weight is 343 g/mol. The lowest BCUT2D eigenvalue weighted by Crippen LogP contribution is -2.03. The van der Waals surface area contributed by atoms with Gasteiger partial charge in [-0.15, -0.1) is 0 Å². The summed E-state index contributed by atoms with van der Waals surface area (Å²) in [6.07, 6.45) is 1.49. The highest BCUT2D eigenvalue weighted by Crippen LogP contribution is 2.34. The van der Waals surface area contributed by atoms with Gasteiger partial charge in [-0.1, -0.05) is 17.7 Å². The highest BCUT2D eigenvalue weighted by atomic mass is 16.6. The highest BCUT2D eigenvalue weighted by Gasteiger charge is 2.19. The van der Waals surface area contributed by atoms with Crippen LogP contribution in [0.5, 0.6) is 11.5 Å². The second-order valence-electron chi connectivity index (χ2n) is 5.22. The van der Waals surface area contributed by atoms with Gasteiger partial charge in [-0.2, -0.15) is 5.10 Å². The zero-order valence-corrected chi connectivity index (χ0v) is 14.5. The molecule has 0 aromatic heterocycles. The SMILES string of the molecule is CCOc1cc(OCC)c([N+](=O)[O-])cc1/C=N/Nc1ccc(C)cc1. The molecule has 0 aliphatic rings. The van der Waals surface area contributed by atoms with Crippen molar-refractivity contribution >= 4 is 17.6 Å². The molecule has 1 N–H and O–H groups in total. The van der Waals surface area contributed by atoms with Gasteiger partial charge in [0.05, 0.1) is 30.0 Å². The minimum atomic E-state index is -0.481. The first kappa shape index (κ1) is 18.3. The fraction of sp³-hybridized carbons (Fsp3) is 0.278. The van der Waals surface area contributed by atoms with Crippen molar-refractivity contribution in [3.8, 4) is 11.5 Å². The molecule has 0 spiro atoms. The lowest BCUT2D eigenvalue weighted by Gasteiger charge is -2.11. The largest absolute Gasteiger partial charge is 0.493 e. The Labute approximate surface area is 146 Å². The summed E-state index contributed by atoms with van der Waals surface area (Å²) in [4.78, 5) is 10.8. The minimum Gasteiger partial charge on any atom is -0.493 e. The Morgan fingerprint density at radius 2 is 1.76 bits per heavy atom. The van der Waals surface area contributed by atoms with Crippen molar-refractivity contribution in [3.05, 3.63) is 57.6 Å². The Morgan fingerprint density at radius 1 is 1.12 bits per heavy atom. The molecular formula is C18H21N3O4. The maximum atomic E-state index is 11.3. The zero-order chi connectivity index (χ0) is 18.2. The van der Waals surface area contributed by atoms with E-state index >= 15 is 0 Å². The van der Waals surface area contributed by atoms with E-state index in [0.29, 0.717) is 24.5 Å². The van der Waals surface area contributed by atoms with E-state index in [4.69, 9.17) is 9.47 Å². The van der Waals surface area contributed by atoms with E-state index in [0.717, 1.165) is 11.3 Å². The molecule has 0 bridgehead atoms. The minimum absolute atomic E-state index is 0.123. The molecule has 0 unspecified atom stereocenters. The van der Waals surface area contributed by atoms with E-state index < -0.39 is 4.92 Å². The standard InChI is InChI=1S/C18H21N3O4/c1-4-24-17-11-18(25-5-2)16(21(22)23)10-14(17)12-19-20-15-8-6-13(3)7-9-15/h6-12,20H,4-5H2,1-3H3/b19-12+. The highest BCUT2D eigenvalue weighted by molar-refractivity contribution is 5.86. The van der Waals surface area contributed by atoms with Crippen LogP contribution in [0, 0.1) is 17.0 Å². The molecular weight excluding hydrogens is 322 g/mol. The van der Waals surface area contributed by atoms with E-state index in [2.05, 4.69) is 10.5 Å². The summed E-state index contributed by atoms with van der Waals surface area (Å²) in [6.45, 7) is 6.36. The summed E-state index contributed by atoms with van der Waals surface area (Å²) < 4.78 is 10.9. The molecule has 7 nitrogen and oxygen atoms in total. The van der Waals surface area contributed by atoms with Crippen LogP contribution >= 0.6 is 0 Å².